The maximum atomic E-state index is 13.0. The Balaban J connectivity index is 1.58. The maximum absolute atomic E-state index is 13.0. The fourth-order valence-electron chi connectivity index (χ4n) is 3.15. The predicted molar refractivity (Wildman–Crippen MR) is 89.9 cm³/mol. The number of rotatable bonds is 5. The minimum Gasteiger partial charge on any atom is -0.439 e. The Kier molecular flexibility index (Phi) is 5.28. The van der Waals surface area contributed by atoms with Gasteiger partial charge >= 0.3 is 0 Å². The monoisotopic (exact) mass is 333 g/mol. The Morgan fingerprint density at radius 2 is 2.08 bits per heavy atom. The van der Waals surface area contributed by atoms with Gasteiger partial charge < -0.3 is 9.52 Å². The van der Waals surface area contributed by atoms with Gasteiger partial charge in [0.25, 0.3) is 0 Å². The lowest BCUT2D eigenvalue weighted by Crippen LogP contribution is -2.53. The van der Waals surface area contributed by atoms with Crippen LogP contribution in [0.4, 0.5) is 4.39 Å². The maximum Gasteiger partial charge on any atom is 0.209 e. The van der Waals surface area contributed by atoms with Crippen LogP contribution in [0.2, 0.25) is 0 Å². The fraction of sp³-hybridized carbons (Fsp3) is 0.500. The molecule has 0 bridgehead atoms. The number of aliphatic hydroxyl groups excluding tert-OH is 1. The number of β-amino-alcohol motifs (C(OH)–C–C–N with tert-alkyl or cyclic N) is 1. The van der Waals surface area contributed by atoms with Crippen LogP contribution >= 0.6 is 0 Å². The van der Waals surface area contributed by atoms with Crippen molar-refractivity contribution < 1.29 is 13.9 Å². The molecule has 1 aromatic heterocycles. The Bertz CT molecular complexity index is 657. The van der Waals surface area contributed by atoms with Crippen molar-refractivity contribution in [3.05, 3.63) is 42.2 Å². The first-order valence-corrected chi connectivity index (χ1v) is 8.36. The van der Waals surface area contributed by atoms with Crippen LogP contribution in [0.25, 0.3) is 11.3 Å². The Hall–Kier alpha value is -1.76. The largest absolute Gasteiger partial charge is 0.439 e. The SMILES string of the molecule is C[C@@H]1CN(Cc2ncc(-c3ccc(F)cc3)o2)CCN1C[C@@H](C)O. The van der Waals surface area contributed by atoms with Gasteiger partial charge in [0.2, 0.25) is 5.89 Å². The number of piperazine rings is 1. The van der Waals surface area contributed by atoms with Crippen molar-refractivity contribution >= 4 is 0 Å². The van der Waals surface area contributed by atoms with E-state index in [9.17, 15) is 9.50 Å². The minimum atomic E-state index is -0.302. The van der Waals surface area contributed by atoms with E-state index >= 15 is 0 Å². The van der Waals surface area contributed by atoms with E-state index in [0.29, 0.717) is 30.8 Å². The third kappa shape index (κ3) is 4.20. The zero-order valence-corrected chi connectivity index (χ0v) is 14.2. The van der Waals surface area contributed by atoms with Gasteiger partial charge in [-0.15, -0.1) is 0 Å². The molecule has 6 heteroatoms. The van der Waals surface area contributed by atoms with Crippen LogP contribution in [0.5, 0.6) is 0 Å². The Morgan fingerprint density at radius 3 is 2.75 bits per heavy atom. The topological polar surface area (TPSA) is 52.7 Å². The first-order valence-electron chi connectivity index (χ1n) is 8.36. The van der Waals surface area contributed by atoms with Crippen molar-refractivity contribution in [1.29, 1.82) is 0 Å². The summed E-state index contributed by atoms with van der Waals surface area (Å²) in [6, 6.07) is 6.61. The molecule has 0 amide bonds. The summed E-state index contributed by atoms with van der Waals surface area (Å²) in [6.45, 7) is 8.14. The van der Waals surface area contributed by atoms with E-state index in [2.05, 4.69) is 21.7 Å². The van der Waals surface area contributed by atoms with Crippen molar-refractivity contribution in [2.75, 3.05) is 26.2 Å². The lowest BCUT2D eigenvalue weighted by atomic mass is 10.1. The van der Waals surface area contributed by atoms with Crippen molar-refractivity contribution in [3.63, 3.8) is 0 Å². The highest BCUT2D eigenvalue weighted by Gasteiger charge is 2.25. The smallest absolute Gasteiger partial charge is 0.209 e. The van der Waals surface area contributed by atoms with Crippen LogP contribution in [-0.2, 0) is 6.54 Å². The van der Waals surface area contributed by atoms with E-state index in [-0.39, 0.29) is 11.9 Å². The summed E-state index contributed by atoms with van der Waals surface area (Å²) in [6.07, 6.45) is 1.39. The first kappa shape index (κ1) is 17.1. The van der Waals surface area contributed by atoms with E-state index in [4.69, 9.17) is 4.42 Å². The second-order valence-corrected chi connectivity index (χ2v) is 6.55. The lowest BCUT2D eigenvalue weighted by Gasteiger charge is -2.39. The van der Waals surface area contributed by atoms with E-state index in [0.717, 1.165) is 25.2 Å². The number of hydrogen-bond donors (Lipinski definition) is 1. The number of aliphatic hydroxyl groups is 1. The van der Waals surface area contributed by atoms with Gasteiger partial charge in [-0.1, -0.05) is 0 Å². The molecule has 3 rings (SSSR count). The molecule has 1 N–H and O–H groups in total. The summed E-state index contributed by atoms with van der Waals surface area (Å²) >= 11 is 0. The van der Waals surface area contributed by atoms with Crippen LogP contribution in [0.3, 0.4) is 0 Å². The van der Waals surface area contributed by atoms with Crippen LogP contribution in [0, 0.1) is 5.82 Å². The summed E-state index contributed by atoms with van der Waals surface area (Å²) < 4.78 is 18.8. The van der Waals surface area contributed by atoms with Crippen LogP contribution in [0.15, 0.2) is 34.9 Å². The zero-order valence-electron chi connectivity index (χ0n) is 14.2. The molecule has 1 fully saturated rings. The second-order valence-electron chi connectivity index (χ2n) is 6.55. The van der Waals surface area contributed by atoms with Crippen LogP contribution in [0.1, 0.15) is 19.7 Å². The molecule has 0 unspecified atom stereocenters. The van der Waals surface area contributed by atoms with Crippen molar-refractivity contribution in [3.8, 4) is 11.3 Å². The molecule has 0 saturated carbocycles. The highest BCUT2D eigenvalue weighted by Crippen LogP contribution is 2.22. The molecule has 2 heterocycles. The van der Waals surface area contributed by atoms with Gasteiger partial charge in [0.15, 0.2) is 5.76 Å². The molecule has 0 radical (unpaired) electrons. The molecule has 130 valence electrons. The van der Waals surface area contributed by atoms with E-state index < -0.39 is 0 Å². The summed E-state index contributed by atoms with van der Waals surface area (Å²) in [5.41, 5.74) is 0.824. The van der Waals surface area contributed by atoms with E-state index in [1.54, 1.807) is 18.3 Å². The summed E-state index contributed by atoms with van der Waals surface area (Å²) in [5, 5.41) is 9.55. The van der Waals surface area contributed by atoms with Crippen molar-refractivity contribution in [1.82, 2.24) is 14.8 Å². The van der Waals surface area contributed by atoms with Gasteiger partial charge in [0, 0.05) is 37.8 Å². The molecule has 1 saturated heterocycles. The summed E-state index contributed by atoms with van der Waals surface area (Å²) in [5.74, 6) is 1.07. The van der Waals surface area contributed by atoms with Gasteiger partial charge in [-0.2, -0.15) is 0 Å². The molecule has 1 aliphatic heterocycles. The quantitative estimate of drug-likeness (QED) is 0.910. The molecule has 2 aromatic rings. The molecule has 5 nitrogen and oxygen atoms in total. The Morgan fingerprint density at radius 1 is 1.33 bits per heavy atom. The van der Waals surface area contributed by atoms with Crippen molar-refractivity contribution in [2.45, 2.75) is 32.5 Å². The highest BCUT2D eigenvalue weighted by molar-refractivity contribution is 5.55. The van der Waals surface area contributed by atoms with E-state index in [1.165, 1.54) is 12.1 Å². The number of hydrogen-bond acceptors (Lipinski definition) is 5. The minimum absolute atomic E-state index is 0.262. The van der Waals surface area contributed by atoms with Gasteiger partial charge in [-0.25, -0.2) is 9.37 Å². The first-order chi connectivity index (χ1) is 11.5. The zero-order chi connectivity index (χ0) is 17.1. The second kappa shape index (κ2) is 7.42. The molecule has 1 aromatic carbocycles. The van der Waals surface area contributed by atoms with Crippen LogP contribution in [-0.4, -0.2) is 58.2 Å². The standard InChI is InChI=1S/C18H24FN3O2/c1-13-10-21(7-8-22(13)11-14(2)23)12-18-20-9-17(24-18)15-3-5-16(19)6-4-15/h3-6,9,13-14,23H,7-8,10-12H2,1-2H3/t13-,14-/m1/s1. The molecule has 0 spiro atoms. The van der Waals surface area contributed by atoms with Gasteiger partial charge in [-0.3, -0.25) is 9.80 Å². The summed E-state index contributed by atoms with van der Waals surface area (Å²) in [4.78, 5) is 8.96. The van der Waals surface area contributed by atoms with E-state index in [1.807, 2.05) is 6.92 Å². The molecule has 0 aliphatic carbocycles. The molecule has 2 atom stereocenters. The van der Waals surface area contributed by atoms with Gasteiger partial charge in [-0.05, 0) is 38.1 Å². The average molecular weight is 333 g/mol. The highest BCUT2D eigenvalue weighted by atomic mass is 19.1. The molecule has 24 heavy (non-hydrogen) atoms. The predicted octanol–water partition coefficient (Wildman–Crippen LogP) is 2.37. The van der Waals surface area contributed by atoms with Crippen LogP contribution < -0.4 is 0 Å². The number of aromatic nitrogens is 1. The number of benzene rings is 1. The summed E-state index contributed by atoms with van der Waals surface area (Å²) in [7, 11) is 0. The van der Waals surface area contributed by atoms with Gasteiger partial charge in [0.1, 0.15) is 5.82 Å². The average Bonchev–Trinajstić information content (AvgIpc) is 2.99. The fourth-order valence-corrected chi connectivity index (χ4v) is 3.15. The lowest BCUT2D eigenvalue weighted by molar-refractivity contribution is 0.0393. The number of nitrogens with zero attached hydrogens (tertiary/aromatic N) is 3. The number of halogens is 1. The third-order valence-corrected chi connectivity index (χ3v) is 4.39. The molecular weight excluding hydrogens is 309 g/mol. The molecular formula is C18H24FN3O2. The van der Waals surface area contributed by atoms with Crippen molar-refractivity contribution in [2.24, 2.45) is 0 Å². The third-order valence-electron chi connectivity index (χ3n) is 4.39. The normalized spacial score (nSPS) is 21.1. The van der Waals surface area contributed by atoms with Gasteiger partial charge in [0.05, 0.1) is 18.8 Å². The number of oxazole rings is 1. The Labute approximate surface area is 141 Å². The molecule has 1 aliphatic rings.